The molecule has 1 aliphatic rings. The fourth-order valence-corrected chi connectivity index (χ4v) is 2.29. The van der Waals surface area contributed by atoms with Crippen LogP contribution in [0.5, 0.6) is 0 Å². The summed E-state index contributed by atoms with van der Waals surface area (Å²) >= 11 is 0. The second kappa shape index (κ2) is 6.39. The average Bonchev–Trinajstić information content (AvgIpc) is 2.43. The van der Waals surface area contributed by atoms with Gasteiger partial charge in [-0.3, -0.25) is 4.79 Å². The highest BCUT2D eigenvalue weighted by Crippen LogP contribution is 2.21. The molecule has 21 heavy (non-hydrogen) atoms. The van der Waals surface area contributed by atoms with E-state index in [2.05, 4.69) is 32.1 Å². The molecule has 1 amide bonds. The predicted octanol–water partition coefficient (Wildman–Crippen LogP) is 1.44. The van der Waals surface area contributed by atoms with Crippen LogP contribution in [-0.4, -0.2) is 54.0 Å². The molecule has 1 aromatic heterocycles. The van der Waals surface area contributed by atoms with Gasteiger partial charge in [-0.15, -0.1) is 0 Å². The molecule has 0 atom stereocenters. The van der Waals surface area contributed by atoms with E-state index in [-0.39, 0.29) is 11.8 Å². The number of rotatable bonds is 3. The molecular weight excluding hydrogens is 266 g/mol. The van der Waals surface area contributed by atoms with E-state index in [1.165, 1.54) is 0 Å². The summed E-state index contributed by atoms with van der Waals surface area (Å²) in [6, 6.07) is 0. The van der Waals surface area contributed by atoms with Crippen molar-refractivity contribution in [2.24, 2.45) is 5.92 Å². The smallest absolute Gasteiger partial charge is 0.227 e. The van der Waals surface area contributed by atoms with Crippen LogP contribution in [-0.2, 0) is 4.79 Å². The van der Waals surface area contributed by atoms with Gasteiger partial charge < -0.3 is 15.1 Å². The number of hydrogen-bond acceptors (Lipinski definition) is 5. The van der Waals surface area contributed by atoms with Gasteiger partial charge in [-0.1, -0.05) is 13.8 Å². The number of anilines is 2. The Morgan fingerprint density at radius 3 is 2.10 bits per heavy atom. The van der Waals surface area contributed by atoms with Gasteiger partial charge in [0.05, 0.1) is 17.1 Å². The van der Waals surface area contributed by atoms with Crippen LogP contribution in [0.25, 0.3) is 0 Å². The molecular formula is C15H25N5O. The van der Waals surface area contributed by atoms with Gasteiger partial charge in [-0.05, 0) is 20.9 Å². The fourth-order valence-electron chi connectivity index (χ4n) is 2.29. The minimum Gasteiger partial charge on any atom is -0.338 e. The standard InChI is InChI=1S/C15H25N5O/c1-10(2)14(21)18-13-11(3)16-15(17-12(13)4)20-8-6-19(5)7-9-20/h10H,6-9H2,1-5H3,(H,18,21). The van der Waals surface area contributed by atoms with Crippen LogP contribution >= 0.6 is 0 Å². The fraction of sp³-hybridized carbons (Fsp3) is 0.667. The minimum absolute atomic E-state index is 0.00264. The minimum atomic E-state index is -0.0545. The molecule has 0 unspecified atom stereocenters. The first-order valence-corrected chi connectivity index (χ1v) is 7.48. The summed E-state index contributed by atoms with van der Waals surface area (Å²) in [5.74, 6) is 0.707. The van der Waals surface area contributed by atoms with Crippen LogP contribution in [0, 0.1) is 19.8 Å². The zero-order chi connectivity index (χ0) is 15.6. The number of likely N-dealkylation sites (N-methyl/N-ethyl adjacent to an activating group) is 1. The van der Waals surface area contributed by atoms with Crippen LogP contribution < -0.4 is 10.2 Å². The van der Waals surface area contributed by atoms with E-state index in [0.717, 1.165) is 49.2 Å². The number of carbonyl (C=O) groups is 1. The zero-order valence-electron chi connectivity index (χ0n) is 13.6. The third kappa shape index (κ3) is 3.69. The van der Waals surface area contributed by atoms with Gasteiger partial charge in [0.25, 0.3) is 0 Å². The first kappa shape index (κ1) is 15.7. The van der Waals surface area contributed by atoms with Gasteiger partial charge in [-0.25, -0.2) is 9.97 Å². The molecule has 0 saturated carbocycles. The largest absolute Gasteiger partial charge is 0.338 e. The highest BCUT2D eigenvalue weighted by molar-refractivity contribution is 5.93. The monoisotopic (exact) mass is 291 g/mol. The normalized spacial score (nSPS) is 16.4. The van der Waals surface area contributed by atoms with Crippen LogP contribution in [0.1, 0.15) is 25.2 Å². The molecule has 6 heteroatoms. The third-order valence-electron chi connectivity index (χ3n) is 3.82. The van der Waals surface area contributed by atoms with Gasteiger partial charge in [0, 0.05) is 32.1 Å². The summed E-state index contributed by atoms with van der Waals surface area (Å²) in [4.78, 5) is 25.5. The first-order chi connectivity index (χ1) is 9.88. The zero-order valence-corrected chi connectivity index (χ0v) is 13.6. The molecule has 1 aliphatic heterocycles. The van der Waals surface area contributed by atoms with Gasteiger partial charge in [0.15, 0.2) is 0 Å². The van der Waals surface area contributed by atoms with E-state index in [0.29, 0.717) is 0 Å². The van der Waals surface area contributed by atoms with Crippen molar-refractivity contribution in [3.05, 3.63) is 11.4 Å². The Bertz CT molecular complexity index is 498. The predicted molar refractivity (Wildman–Crippen MR) is 84.7 cm³/mol. The molecule has 0 aliphatic carbocycles. The lowest BCUT2D eigenvalue weighted by atomic mass is 10.2. The summed E-state index contributed by atoms with van der Waals surface area (Å²) in [5, 5.41) is 2.92. The van der Waals surface area contributed by atoms with Crippen molar-refractivity contribution in [1.29, 1.82) is 0 Å². The van der Waals surface area contributed by atoms with Crippen molar-refractivity contribution < 1.29 is 4.79 Å². The topological polar surface area (TPSA) is 61.4 Å². The van der Waals surface area contributed by atoms with Gasteiger partial charge in [0.1, 0.15) is 0 Å². The summed E-state index contributed by atoms with van der Waals surface area (Å²) in [6.45, 7) is 11.5. The van der Waals surface area contributed by atoms with E-state index in [4.69, 9.17) is 0 Å². The molecule has 1 fully saturated rings. The number of carbonyl (C=O) groups excluding carboxylic acids is 1. The average molecular weight is 291 g/mol. The van der Waals surface area contributed by atoms with Gasteiger partial charge >= 0.3 is 0 Å². The van der Waals surface area contributed by atoms with E-state index in [1.807, 2.05) is 27.7 Å². The van der Waals surface area contributed by atoms with E-state index in [9.17, 15) is 4.79 Å². The van der Waals surface area contributed by atoms with Crippen LogP contribution in [0.15, 0.2) is 0 Å². The number of nitrogens with one attached hydrogen (secondary N) is 1. The number of piperazine rings is 1. The Morgan fingerprint density at radius 2 is 1.62 bits per heavy atom. The number of amides is 1. The lowest BCUT2D eigenvalue weighted by Gasteiger charge is -2.32. The lowest BCUT2D eigenvalue weighted by molar-refractivity contribution is -0.118. The Hall–Kier alpha value is -1.69. The molecule has 2 heterocycles. The summed E-state index contributed by atoms with van der Waals surface area (Å²) < 4.78 is 0. The van der Waals surface area contributed by atoms with Crippen molar-refractivity contribution in [1.82, 2.24) is 14.9 Å². The lowest BCUT2D eigenvalue weighted by Crippen LogP contribution is -2.45. The molecule has 2 rings (SSSR count). The van der Waals surface area contributed by atoms with Crippen LogP contribution in [0.4, 0.5) is 11.6 Å². The second-order valence-corrected chi connectivity index (χ2v) is 6.00. The van der Waals surface area contributed by atoms with Crippen molar-refractivity contribution in [2.75, 3.05) is 43.4 Å². The SMILES string of the molecule is Cc1nc(N2CCN(C)CC2)nc(C)c1NC(=O)C(C)C. The summed E-state index contributed by atoms with van der Waals surface area (Å²) in [5.41, 5.74) is 2.39. The van der Waals surface area contributed by atoms with E-state index < -0.39 is 0 Å². The van der Waals surface area contributed by atoms with Crippen molar-refractivity contribution in [3.63, 3.8) is 0 Å². The maximum absolute atomic E-state index is 11.9. The van der Waals surface area contributed by atoms with E-state index in [1.54, 1.807) is 0 Å². The van der Waals surface area contributed by atoms with Crippen LogP contribution in [0.2, 0.25) is 0 Å². The third-order valence-corrected chi connectivity index (χ3v) is 3.82. The first-order valence-electron chi connectivity index (χ1n) is 7.48. The second-order valence-electron chi connectivity index (χ2n) is 6.00. The molecule has 0 bridgehead atoms. The van der Waals surface area contributed by atoms with Gasteiger partial charge in [-0.2, -0.15) is 0 Å². The quantitative estimate of drug-likeness (QED) is 0.913. The number of nitrogens with zero attached hydrogens (tertiary/aromatic N) is 4. The number of aryl methyl sites for hydroxylation is 2. The number of aromatic nitrogens is 2. The number of hydrogen-bond donors (Lipinski definition) is 1. The van der Waals surface area contributed by atoms with Crippen molar-refractivity contribution in [3.8, 4) is 0 Å². The highest BCUT2D eigenvalue weighted by Gasteiger charge is 2.19. The molecule has 0 aromatic carbocycles. The summed E-state index contributed by atoms with van der Waals surface area (Å²) in [7, 11) is 2.12. The highest BCUT2D eigenvalue weighted by atomic mass is 16.1. The Labute approximate surface area is 126 Å². The Balaban J connectivity index is 2.19. The Kier molecular flexibility index (Phi) is 4.77. The van der Waals surface area contributed by atoms with Crippen molar-refractivity contribution in [2.45, 2.75) is 27.7 Å². The summed E-state index contributed by atoms with van der Waals surface area (Å²) in [6.07, 6.45) is 0. The molecule has 1 aromatic rings. The van der Waals surface area contributed by atoms with Gasteiger partial charge in [0.2, 0.25) is 11.9 Å². The maximum atomic E-state index is 11.9. The molecule has 0 radical (unpaired) electrons. The molecule has 0 spiro atoms. The Morgan fingerprint density at radius 1 is 1.10 bits per heavy atom. The maximum Gasteiger partial charge on any atom is 0.227 e. The molecule has 116 valence electrons. The molecule has 1 saturated heterocycles. The molecule has 6 nitrogen and oxygen atoms in total. The van der Waals surface area contributed by atoms with E-state index >= 15 is 0 Å². The van der Waals surface area contributed by atoms with Crippen molar-refractivity contribution >= 4 is 17.5 Å². The van der Waals surface area contributed by atoms with Crippen LogP contribution in [0.3, 0.4) is 0 Å². The molecule has 1 N–H and O–H groups in total.